The van der Waals surface area contributed by atoms with Gasteiger partial charge in [-0.2, -0.15) is 39.5 Å². The summed E-state index contributed by atoms with van der Waals surface area (Å²) in [4.78, 5) is 9.28. The summed E-state index contributed by atoms with van der Waals surface area (Å²) >= 11 is 4.61. The van der Waals surface area contributed by atoms with Gasteiger partial charge in [0, 0.05) is 11.1 Å². The Kier molecular flexibility index (Phi) is 5.99. The number of rotatable bonds is 2. The van der Waals surface area contributed by atoms with E-state index < -0.39 is 68.0 Å². The number of amidine groups is 1. The zero-order valence-electron chi connectivity index (χ0n) is 13.5. The van der Waals surface area contributed by atoms with Crippen LogP contribution in [0.3, 0.4) is 0 Å². The number of thioether (sulfide) groups is 1. The minimum atomic E-state index is -6.54. The van der Waals surface area contributed by atoms with E-state index in [9.17, 15) is 54.0 Å². The minimum Gasteiger partial charge on any atom is -0.329 e. The van der Waals surface area contributed by atoms with Gasteiger partial charge < -0.3 is 5.32 Å². The van der Waals surface area contributed by atoms with Crippen molar-refractivity contribution in [3.8, 4) is 0 Å². The van der Waals surface area contributed by atoms with E-state index in [1.165, 1.54) is 0 Å². The van der Waals surface area contributed by atoms with Crippen molar-refractivity contribution in [2.75, 3.05) is 5.32 Å². The molecule has 1 aliphatic heterocycles. The predicted octanol–water partition coefficient (Wildman–Crippen LogP) is 6.37. The topological polar surface area (TPSA) is 67.5 Å². The molecule has 5 nitrogen and oxygen atoms in total. The first kappa shape index (κ1) is 24.0. The molecule has 2 rings (SSSR count). The Morgan fingerprint density at radius 3 is 2.07 bits per heavy atom. The molecule has 0 atom stereocenters. The van der Waals surface area contributed by atoms with E-state index in [-0.39, 0.29) is 5.02 Å². The van der Waals surface area contributed by atoms with Crippen LogP contribution < -0.4 is 5.32 Å². The fraction of sp³-hybridized carbons (Fsp3) is 0.308. The first-order chi connectivity index (χ1) is 13.4. The molecule has 0 spiro atoms. The number of nitro groups is 1. The average molecular weight is 492 g/mol. The average Bonchev–Trinajstić information content (AvgIpc) is 2.93. The second kappa shape index (κ2) is 7.47. The van der Waals surface area contributed by atoms with Crippen LogP contribution in [0, 0.1) is 10.1 Å². The van der Waals surface area contributed by atoms with Crippen molar-refractivity contribution in [1.29, 1.82) is 0 Å². The molecule has 0 saturated heterocycles. The van der Waals surface area contributed by atoms with Crippen molar-refractivity contribution >= 4 is 39.9 Å². The molecule has 1 N–H and O–H groups in total. The van der Waals surface area contributed by atoms with Crippen molar-refractivity contribution in [1.82, 2.24) is 0 Å². The van der Waals surface area contributed by atoms with Crippen LogP contribution in [0.25, 0.3) is 0 Å². The highest BCUT2D eigenvalue weighted by Crippen LogP contribution is 2.59. The summed E-state index contributed by atoms with van der Waals surface area (Å²) in [6.45, 7) is 0. The first-order valence-electron chi connectivity index (χ1n) is 7.01. The van der Waals surface area contributed by atoms with E-state index in [0.29, 0.717) is 6.07 Å². The number of nitrogens with zero attached hydrogens (tertiary/aromatic N) is 2. The molecule has 0 amide bonds. The number of benzene rings is 1. The van der Waals surface area contributed by atoms with Gasteiger partial charge in [-0.15, -0.1) is 0 Å². The van der Waals surface area contributed by atoms with E-state index in [2.05, 4.69) is 4.99 Å². The Bertz CT molecular complexity index is 925. The zero-order chi connectivity index (χ0) is 23.3. The molecule has 166 valence electrons. The maximum absolute atomic E-state index is 13.7. The van der Waals surface area contributed by atoms with Gasteiger partial charge in [-0.05, 0) is 12.1 Å². The van der Waals surface area contributed by atoms with E-state index in [4.69, 9.17) is 11.6 Å². The van der Waals surface area contributed by atoms with Crippen molar-refractivity contribution < 1.29 is 48.8 Å². The molecule has 1 aromatic rings. The predicted molar refractivity (Wildman–Crippen MR) is 85.8 cm³/mol. The van der Waals surface area contributed by atoms with Crippen molar-refractivity contribution in [2.24, 2.45) is 4.99 Å². The number of nitro benzene ring substituents is 1. The molecule has 0 aliphatic carbocycles. The lowest BCUT2D eigenvalue weighted by molar-refractivity contribution is -0.383. The standard InChI is InChI=1S/C13H4ClF10N3O2S/c14-4-1-2-6(27(28)29)5(3-4)25-9-26-10(12(19,20)21,13(22,23)24)8(30-9)7(15)11(16,17)18/h1-3H,(H,25,26)/b8-7+. The fourth-order valence-corrected chi connectivity index (χ4v) is 3.55. The summed E-state index contributed by atoms with van der Waals surface area (Å²) in [6, 6.07) is 2.38. The van der Waals surface area contributed by atoms with Gasteiger partial charge >= 0.3 is 18.5 Å². The second-order valence-electron chi connectivity index (χ2n) is 5.41. The van der Waals surface area contributed by atoms with Crippen LogP contribution in [0.15, 0.2) is 33.9 Å². The van der Waals surface area contributed by atoms with Crippen LogP contribution in [0.1, 0.15) is 0 Å². The van der Waals surface area contributed by atoms with Crippen LogP contribution >= 0.6 is 23.4 Å². The number of halogens is 11. The molecule has 0 bridgehead atoms. The molecule has 30 heavy (non-hydrogen) atoms. The molecule has 0 fully saturated rings. The molecule has 1 aliphatic rings. The molecule has 1 aromatic carbocycles. The Labute approximate surface area is 167 Å². The SMILES string of the molecule is O=[N+]([O-])c1ccc(Cl)cc1NC1=NC(C(F)(F)F)(C(F)(F)F)/C(=C(\F)C(F)(F)F)S1. The Morgan fingerprint density at radius 2 is 1.63 bits per heavy atom. The maximum Gasteiger partial charge on any atom is 0.443 e. The number of hydrogen-bond donors (Lipinski definition) is 1. The summed E-state index contributed by atoms with van der Waals surface area (Å²) in [5.74, 6) is -3.66. The Morgan fingerprint density at radius 1 is 1.10 bits per heavy atom. The molecule has 0 aromatic heterocycles. The summed E-state index contributed by atoms with van der Waals surface area (Å²) in [6.07, 6.45) is -19.3. The summed E-state index contributed by atoms with van der Waals surface area (Å²) < 4.78 is 132. The van der Waals surface area contributed by atoms with Crippen molar-refractivity contribution in [3.05, 3.63) is 44.1 Å². The normalized spacial score (nSPS) is 18.8. The van der Waals surface area contributed by atoms with Crippen molar-refractivity contribution in [2.45, 2.75) is 24.1 Å². The van der Waals surface area contributed by atoms with Crippen LogP contribution in [0.2, 0.25) is 5.02 Å². The van der Waals surface area contributed by atoms with Gasteiger partial charge in [0.15, 0.2) is 5.17 Å². The van der Waals surface area contributed by atoms with Crippen LogP contribution in [-0.2, 0) is 0 Å². The van der Waals surface area contributed by atoms with E-state index in [0.717, 1.165) is 12.1 Å². The molecule has 0 saturated carbocycles. The lowest BCUT2D eigenvalue weighted by Crippen LogP contribution is -2.55. The van der Waals surface area contributed by atoms with Crippen LogP contribution in [0.5, 0.6) is 0 Å². The maximum atomic E-state index is 13.7. The van der Waals surface area contributed by atoms with Gasteiger partial charge in [0.25, 0.3) is 11.2 Å². The van der Waals surface area contributed by atoms with Gasteiger partial charge in [0.05, 0.1) is 9.83 Å². The van der Waals surface area contributed by atoms with Gasteiger partial charge in [0.2, 0.25) is 5.83 Å². The van der Waals surface area contributed by atoms with Gasteiger partial charge in [0.1, 0.15) is 5.69 Å². The highest BCUT2D eigenvalue weighted by molar-refractivity contribution is 8.17. The van der Waals surface area contributed by atoms with Gasteiger partial charge in [-0.25, -0.2) is 9.38 Å². The highest BCUT2D eigenvalue weighted by Gasteiger charge is 2.77. The third kappa shape index (κ3) is 4.14. The largest absolute Gasteiger partial charge is 0.443 e. The number of allylic oxidation sites excluding steroid dienone is 1. The summed E-state index contributed by atoms with van der Waals surface area (Å²) in [5, 5.41) is 10.9. The zero-order valence-corrected chi connectivity index (χ0v) is 15.1. The highest BCUT2D eigenvalue weighted by atomic mass is 35.5. The molecule has 17 heteroatoms. The van der Waals surface area contributed by atoms with Crippen LogP contribution in [-0.4, -0.2) is 34.2 Å². The fourth-order valence-electron chi connectivity index (χ4n) is 2.21. The van der Waals surface area contributed by atoms with Crippen LogP contribution in [0.4, 0.5) is 55.3 Å². The molecule has 0 unspecified atom stereocenters. The quantitative estimate of drug-likeness (QED) is 0.297. The first-order valence-corrected chi connectivity index (χ1v) is 8.21. The molecular formula is C13H4ClF10N3O2S. The minimum absolute atomic E-state index is 0.262. The Hall–Kier alpha value is -2.23. The Balaban J connectivity index is 2.74. The molecule has 1 heterocycles. The summed E-state index contributed by atoms with van der Waals surface area (Å²) in [7, 11) is 0. The van der Waals surface area contributed by atoms with Gasteiger partial charge in [-0.1, -0.05) is 23.4 Å². The third-order valence-electron chi connectivity index (χ3n) is 3.46. The van der Waals surface area contributed by atoms with E-state index in [1.807, 2.05) is 0 Å². The van der Waals surface area contributed by atoms with E-state index in [1.54, 1.807) is 5.32 Å². The number of anilines is 1. The van der Waals surface area contributed by atoms with Gasteiger partial charge in [-0.3, -0.25) is 10.1 Å². The lowest BCUT2D eigenvalue weighted by atomic mass is 9.97. The number of aliphatic imine (C=N–C) groups is 1. The third-order valence-corrected chi connectivity index (χ3v) is 4.76. The second-order valence-corrected chi connectivity index (χ2v) is 6.84. The lowest BCUT2D eigenvalue weighted by Gasteiger charge is -2.31. The summed E-state index contributed by atoms with van der Waals surface area (Å²) in [5.41, 5.74) is -7.27. The monoisotopic (exact) mass is 491 g/mol. The van der Waals surface area contributed by atoms with E-state index >= 15 is 0 Å². The molecule has 0 radical (unpaired) electrons. The smallest absolute Gasteiger partial charge is 0.329 e. The number of alkyl halides is 9. The number of hydrogen-bond acceptors (Lipinski definition) is 5. The number of nitrogens with one attached hydrogen (secondary N) is 1. The molecular weight excluding hydrogens is 488 g/mol. The van der Waals surface area contributed by atoms with Crippen molar-refractivity contribution in [3.63, 3.8) is 0 Å².